The first kappa shape index (κ1) is 15.8. The standard InChI is InChI=1S/C12H28N2O2/c1-6-7-8-14(3)12(2,10-13)9-11(15-4)16-5/h11H,6-10,13H2,1-5H3. The lowest BCUT2D eigenvalue weighted by molar-refractivity contribution is -0.126. The molecule has 1 atom stereocenters. The Morgan fingerprint density at radius 2 is 1.88 bits per heavy atom. The van der Waals surface area contributed by atoms with E-state index >= 15 is 0 Å². The van der Waals surface area contributed by atoms with Crippen LogP contribution < -0.4 is 5.73 Å². The van der Waals surface area contributed by atoms with Gasteiger partial charge in [-0.1, -0.05) is 13.3 Å². The minimum atomic E-state index is -0.183. The summed E-state index contributed by atoms with van der Waals surface area (Å²) in [4.78, 5) is 2.31. The van der Waals surface area contributed by atoms with Crippen molar-refractivity contribution >= 4 is 0 Å². The predicted molar refractivity (Wildman–Crippen MR) is 67.4 cm³/mol. The molecular weight excluding hydrogens is 204 g/mol. The Balaban J connectivity index is 4.37. The van der Waals surface area contributed by atoms with Gasteiger partial charge in [0.15, 0.2) is 6.29 Å². The molecule has 0 saturated heterocycles. The van der Waals surface area contributed by atoms with Crippen LogP contribution in [-0.2, 0) is 9.47 Å². The Hall–Kier alpha value is -0.160. The summed E-state index contributed by atoms with van der Waals surface area (Å²) in [6.45, 7) is 6.02. The average molecular weight is 232 g/mol. The maximum atomic E-state index is 5.88. The summed E-state index contributed by atoms with van der Waals surface area (Å²) in [6.07, 6.45) is 2.99. The number of unbranched alkanes of at least 4 members (excludes halogenated alkanes) is 1. The highest BCUT2D eigenvalue weighted by molar-refractivity contribution is 4.86. The largest absolute Gasteiger partial charge is 0.356 e. The second-order valence-electron chi connectivity index (χ2n) is 4.58. The monoisotopic (exact) mass is 232 g/mol. The zero-order chi connectivity index (χ0) is 12.6. The summed E-state index contributed by atoms with van der Waals surface area (Å²) in [7, 11) is 5.44. The maximum Gasteiger partial charge on any atom is 0.158 e. The number of rotatable bonds is 9. The van der Waals surface area contributed by atoms with E-state index in [1.165, 1.54) is 12.8 Å². The summed E-state index contributed by atoms with van der Waals surface area (Å²) in [6, 6.07) is 0. The van der Waals surface area contributed by atoms with Gasteiger partial charge in [0, 0.05) is 32.7 Å². The zero-order valence-electron chi connectivity index (χ0n) is 11.5. The number of methoxy groups -OCH3 is 2. The normalized spacial score (nSPS) is 15.8. The van der Waals surface area contributed by atoms with Crippen LogP contribution in [0.2, 0.25) is 0 Å². The third-order valence-electron chi connectivity index (χ3n) is 3.34. The van der Waals surface area contributed by atoms with Gasteiger partial charge in [-0.15, -0.1) is 0 Å². The number of nitrogens with two attached hydrogens (primary N) is 1. The molecule has 1 unspecified atom stereocenters. The Kier molecular flexibility index (Phi) is 7.93. The lowest BCUT2D eigenvalue weighted by Crippen LogP contribution is -2.52. The van der Waals surface area contributed by atoms with Gasteiger partial charge < -0.3 is 15.2 Å². The molecule has 0 bridgehead atoms. The van der Waals surface area contributed by atoms with E-state index in [-0.39, 0.29) is 11.8 Å². The van der Waals surface area contributed by atoms with E-state index < -0.39 is 0 Å². The Labute approximate surface area is 100 Å². The summed E-state index contributed by atoms with van der Waals surface area (Å²) >= 11 is 0. The molecule has 0 saturated carbocycles. The summed E-state index contributed by atoms with van der Waals surface area (Å²) in [5.74, 6) is 0. The van der Waals surface area contributed by atoms with Crippen LogP contribution in [0, 0.1) is 0 Å². The van der Waals surface area contributed by atoms with Crippen molar-refractivity contribution < 1.29 is 9.47 Å². The molecule has 0 aliphatic heterocycles. The Morgan fingerprint density at radius 3 is 2.25 bits per heavy atom. The van der Waals surface area contributed by atoms with Crippen molar-refractivity contribution in [2.24, 2.45) is 5.73 Å². The summed E-state index contributed by atoms with van der Waals surface area (Å²) in [5, 5.41) is 0. The Morgan fingerprint density at radius 1 is 1.31 bits per heavy atom. The minimum absolute atomic E-state index is 0.0636. The number of hydrogen-bond donors (Lipinski definition) is 1. The van der Waals surface area contributed by atoms with Crippen LogP contribution in [0.5, 0.6) is 0 Å². The molecule has 0 spiro atoms. The van der Waals surface area contributed by atoms with E-state index in [1.807, 2.05) is 0 Å². The number of nitrogens with zero attached hydrogens (tertiary/aromatic N) is 1. The van der Waals surface area contributed by atoms with Crippen LogP contribution >= 0.6 is 0 Å². The SMILES string of the molecule is CCCCN(C)C(C)(CN)CC(OC)OC. The first-order valence-corrected chi connectivity index (χ1v) is 6.01. The Bertz CT molecular complexity index is 174. The van der Waals surface area contributed by atoms with Gasteiger partial charge in [0.1, 0.15) is 0 Å². The molecule has 0 heterocycles. The first-order chi connectivity index (χ1) is 7.53. The highest BCUT2D eigenvalue weighted by Gasteiger charge is 2.30. The van der Waals surface area contributed by atoms with Crippen LogP contribution in [0.3, 0.4) is 0 Å². The molecule has 0 aromatic carbocycles. The third-order valence-corrected chi connectivity index (χ3v) is 3.34. The molecule has 0 rings (SSSR count). The number of ether oxygens (including phenoxy) is 2. The zero-order valence-corrected chi connectivity index (χ0v) is 11.5. The quantitative estimate of drug-likeness (QED) is 0.611. The van der Waals surface area contributed by atoms with Crippen molar-refractivity contribution in [3.05, 3.63) is 0 Å². The molecule has 0 aliphatic rings. The van der Waals surface area contributed by atoms with Crippen molar-refractivity contribution in [1.29, 1.82) is 0 Å². The first-order valence-electron chi connectivity index (χ1n) is 6.01. The smallest absolute Gasteiger partial charge is 0.158 e. The fourth-order valence-corrected chi connectivity index (χ4v) is 1.68. The van der Waals surface area contributed by atoms with Crippen molar-refractivity contribution in [3.8, 4) is 0 Å². The highest BCUT2D eigenvalue weighted by atomic mass is 16.7. The highest BCUT2D eigenvalue weighted by Crippen LogP contribution is 2.20. The molecule has 16 heavy (non-hydrogen) atoms. The second kappa shape index (κ2) is 8.01. The minimum Gasteiger partial charge on any atom is -0.356 e. The van der Waals surface area contributed by atoms with Crippen LogP contribution in [0.4, 0.5) is 0 Å². The molecule has 0 amide bonds. The molecule has 0 aromatic heterocycles. The van der Waals surface area contributed by atoms with Gasteiger partial charge in [0.2, 0.25) is 0 Å². The predicted octanol–water partition coefficient (Wildman–Crippen LogP) is 1.44. The van der Waals surface area contributed by atoms with E-state index in [4.69, 9.17) is 15.2 Å². The van der Waals surface area contributed by atoms with Crippen molar-refractivity contribution in [1.82, 2.24) is 4.90 Å². The van der Waals surface area contributed by atoms with Gasteiger partial charge >= 0.3 is 0 Å². The fraction of sp³-hybridized carbons (Fsp3) is 1.00. The lowest BCUT2D eigenvalue weighted by Gasteiger charge is -2.39. The molecule has 4 nitrogen and oxygen atoms in total. The number of hydrogen-bond acceptors (Lipinski definition) is 4. The van der Waals surface area contributed by atoms with Crippen molar-refractivity contribution in [2.45, 2.75) is 44.9 Å². The third kappa shape index (κ3) is 4.78. The van der Waals surface area contributed by atoms with Gasteiger partial charge in [0.05, 0.1) is 0 Å². The summed E-state index contributed by atoms with van der Waals surface area (Å²) in [5.41, 5.74) is 5.82. The van der Waals surface area contributed by atoms with Gasteiger partial charge in [-0.25, -0.2) is 0 Å². The summed E-state index contributed by atoms with van der Waals surface area (Å²) < 4.78 is 10.5. The topological polar surface area (TPSA) is 47.7 Å². The van der Waals surface area contributed by atoms with Gasteiger partial charge in [-0.2, -0.15) is 0 Å². The van der Waals surface area contributed by atoms with Crippen molar-refractivity contribution in [2.75, 3.05) is 34.4 Å². The van der Waals surface area contributed by atoms with E-state index in [0.29, 0.717) is 6.54 Å². The molecule has 0 radical (unpaired) electrons. The molecule has 4 heteroatoms. The van der Waals surface area contributed by atoms with E-state index in [2.05, 4.69) is 25.8 Å². The average Bonchev–Trinajstić information content (AvgIpc) is 2.32. The maximum absolute atomic E-state index is 5.88. The molecule has 0 aliphatic carbocycles. The lowest BCUT2D eigenvalue weighted by atomic mass is 9.95. The second-order valence-corrected chi connectivity index (χ2v) is 4.58. The van der Waals surface area contributed by atoms with E-state index in [1.54, 1.807) is 14.2 Å². The molecule has 2 N–H and O–H groups in total. The molecular formula is C12H28N2O2. The molecule has 0 aromatic rings. The van der Waals surface area contributed by atoms with E-state index in [0.717, 1.165) is 13.0 Å². The van der Waals surface area contributed by atoms with Crippen LogP contribution in [0.25, 0.3) is 0 Å². The van der Waals surface area contributed by atoms with Gasteiger partial charge in [-0.05, 0) is 26.9 Å². The van der Waals surface area contributed by atoms with Gasteiger partial charge in [0.25, 0.3) is 0 Å². The number of likely N-dealkylation sites (N-methyl/N-ethyl adjacent to an activating group) is 1. The van der Waals surface area contributed by atoms with E-state index in [9.17, 15) is 0 Å². The van der Waals surface area contributed by atoms with Gasteiger partial charge in [-0.3, -0.25) is 4.90 Å². The van der Waals surface area contributed by atoms with Crippen LogP contribution in [0.1, 0.15) is 33.1 Å². The van der Waals surface area contributed by atoms with Crippen molar-refractivity contribution in [3.63, 3.8) is 0 Å². The molecule has 0 fully saturated rings. The molecule has 98 valence electrons. The van der Waals surface area contributed by atoms with Crippen LogP contribution in [0.15, 0.2) is 0 Å². The fourth-order valence-electron chi connectivity index (χ4n) is 1.68. The van der Waals surface area contributed by atoms with Crippen LogP contribution in [-0.4, -0.2) is 51.1 Å².